The van der Waals surface area contributed by atoms with Crippen molar-refractivity contribution in [2.75, 3.05) is 18.5 Å². The van der Waals surface area contributed by atoms with Gasteiger partial charge in [0.1, 0.15) is 0 Å². The third-order valence-electron chi connectivity index (χ3n) is 3.86. The largest absolute Gasteiger partial charge is 0.503 e. The number of aromatic hydroxyl groups is 1. The highest BCUT2D eigenvalue weighted by molar-refractivity contribution is 6.32. The van der Waals surface area contributed by atoms with Crippen molar-refractivity contribution in [2.45, 2.75) is 27.7 Å². The third kappa shape index (κ3) is 5.62. The number of aryl methyl sites for hydroxylation is 3. The minimum absolute atomic E-state index is 0.0998. The fraction of sp³-hybridized carbons (Fsp3) is 0.300. The molecule has 0 spiro atoms. The number of hydrogen-bond acceptors (Lipinski definition) is 5. The van der Waals surface area contributed by atoms with Crippen molar-refractivity contribution in [3.63, 3.8) is 0 Å². The predicted molar refractivity (Wildman–Crippen MR) is 109 cm³/mol. The number of halogens is 1. The van der Waals surface area contributed by atoms with Gasteiger partial charge in [-0.05, 0) is 56.5 Å². The van der Waals surface area contributed by atoms with Crippen LogP contribution in [0.4, 0.5) is 5.69 Å². The van der Waals surface area contributed by atoms with E-state index < -0.39 is 0 Å². The number of hydrogen-bond donors (Lipinski definition) is 3. The second-order valence-corrected chi connectivity index (χ2v) is 6.61. The molecule has 0 radical (unpaired) electrons. The van der Waals surface area contributed by atoms with E-state index in [0.717, 1.165) is 16.8 Å². The summed E-state index contributed by atoms with van der Waals surface area (Å²) < 4.78 is 5.31. The summed E-state index contributed by atoms with van der Waals surface area (Å²) in [4.78, 5) is 12.0. The minimum atomic E-state index is -0.277. The van der Waals surface area contributed by atoms with Gasteiger partial charge in [0.25, 0.3) is 5.91 Å². The first kappa shape index (κ1) is 20.6. The Hall–Kier alpha value is -2.73. The van der Waals surface area contributed by atoms with Gasteiger partial charge in [-0.1, -0.05) is 29.3 Å². The summed E-state index contributed by atoms with van der Waals surface area (Å²) in [6, 6.07) is 7.26. The molecule has 2 aromatic carbocycles. The zero-order chi connectivity index (χ0) is 20.0. The predicted octanol–water partition coefficient (Wildman–Crippen LogP) is 3.93. The molecule has 0 aliphatic heterocycles. The first-order valence-electron chi connectivity index (χ1n) is 8.60. The number of ether oxygens (including phenoxy) is 1. The van der Waals surface area contributed by atoms with Gasteiger partial charge in [0.2, 0.25) is 0 Å². The molecule has 0 heterocycles. The van der Waals surface area contributed by atoms with Gasteiger partial charge < -0.3 is 15.2 Å². The number of rotatable bonds is 7. The van der Waals surface area contributed by atoms with E-state index in [1.165, 1.54) is 17.8 Å². The minimum Gasteiger partial charge on any atom is -0.503 e. The Morgan fingerprint density at radius 2 is 1.89 bits per heavy atom. The first-order valence-corrected chi connectivity index (χ1v) is 8.98. The van der Waals surface area contributed by atoms with Crippen molar-refractivity contribution in [1.82, 2.24) is 5.43 Å². The van der Waals surface area contributed by atoms with Gasteiger partial charge in [-0.3, -0.25) is 4.79 Å². The number of hydrazone groups is 1. The van der Waals surface area contributed by atoms with Crippen molar-refractivity contribution in [1.29, 1.82) is 0 Å². The molecule has 0 saturated heterocycles. The van der Waals surface area contributed by atoms with Crippen molar-refractivity contribution in [2.24, 2.45) is 5.10 Å². The van der Waals surface area contributed by atoms with Gasteiger partial charge in [-0.25, -0.2) is 5.43 Å². The summed E-state index contributed by atoms with van der Waals surface area (Å²) in [7, 11) is 0. The van der Waals surface area contributed by atoms with Crippen molar-refractivity contribution in [3.8, 4) is 11.5 Å². The number of nitrogens with one attached hydrogen (secondary N) is 2. The molecule has 3 N–H and O–H groups in total. The lowest BCUT2D eigenvalue weighted by molar-refractivity contribution is -0.119. The standard InChI is InChI=1S/C20H24ClN3O3/c1-5-27-17-9-15(8-16(21)20(17)26)10-23-24-18(25)11-22-19-13(3)6-12(2)7-14(19)4/h6-10,22,26H,5,11H2,1-4H3,(H,24,25)/b23-10+. The summed E-state index contributed by atoms with van der Waals surface area (Å²) in [5.74, 6) is -0.127. The maximum atomic E-state index is 12.0. The van der Waals surface area contributed by atoms with Crippen LogP contribution in [0.3, 0.4) is 0 Å². The fourth-order valence-electron chi connectivity index (χ4n) is 2.78. The average molecular weight is 390 g/mol. The number of amides is 1. The fourth-order valence-corrected chi connectivity index (χ4v) is 3.00. The monoisotopic (exact) mass is 389 g/mol. The zero-order valence-corrected chi connectivity index (χ0v) is 16.6. The van der Waals surface area contributed by atoms with Crippen LogP contribution in [0.1, 0.15) is 29.2 Å². The van der Waals surface area contributed by atoms with Gasteiger partial charge in [-0.15, -0.1) is 0 Å². The highest BCUT2D eigenvalue weighted by atomic mass is 35.5. The molecule has 27 heavy (non-hydrogen) atoms. The van der Waals surface area contributed by atoms with Crippen LogP contribution >= 0.6 is 11.6 Å². The van der Waals surface area contributed by atoms with E-state index in [4.69, 9.17) is 16.3 Å². The molecule has 2 aromatic rings. The lowest BCUT2D eigenvalue weighted by Crippen LogP contribution is -2.26. The Bertz CT molecular complexity index is 843. The van der Waals surface area contributed by atoms with Gasteiger partial charge in [0.05, 0.1) is 24.4 Å². The van der Waals surface area contributed by atoms with Crippen LogP contribution in [0.25, 0.3) is 0 Å². The summed E-state index contributed by atoms with van der Waals surface area (Å²) in [6.07, 6.45) is 1.44. The number of carbonyl (C=O) groups is 1. The summed E-state index contributed by atoms with van der Waals surface area (Å²) in [6.45, 7) is 8.34. The number of phenols is 1. The number of nitrogens with zero attached hydrogens (tertiary/aromatic N) is 1. The second-order valence-electron chi connectivity index (χ2n) is 6.20. The highest BCUT2D eigenvalue weighted by Gasteiger charge is 2.09. The van der Waals surface area contributed by atoms with E-state index in [1.807, 2.05) is 20.8 Å². The maximum Gasteiger partial charge on any atom is 0.259 e. The summed E-state index contributed by atoms with van der Waals surface area (Å²) in [5.41, 5.74) is 7.37. The van der Waals surface area contributed by atoms with Crippen LogP contribution in [-0.4, -0.2) is 30.4 Å². The van der Waals surface area contributed by atoms with Gasteiger partial charge in [0.15, 0.2) is 11.5 Å². The van der Waals surface area contributed by atoms with Gasteiger partial charge in [-0.2, -0.15) is 5.10 Å². The Kier molecular flexibility index (Phi) is 7.07. The van der Waals surface area contributed by atoms with Gasteiger partial charge in [0, 0.05) is 5.69 Å². The van der Waals surface area contributed by atoms with E-state index in [0.29, 0.717) is 12.2 Å². The van der Waals surface area contributed by atoms with Crippen molar-refractivity contribution < 1.29 is 14.6 Å². The average Bonchev–Trinajstić information content (AvgIpc) is 2.58. The molecule has 0 aliphatic rings. The number of benzene rings is 2. The van der Waals surface area contributed by atoms with Crippen LogP contribution in [0, 0.1) is 20.8 Å². The van der Waals surface area contributed by atoms with Crippen LogP contribution in [-0.2, 0) is 4.79 Å². The molecule has 7 heteroatoms. The molecule has 0 unspecified atom stereocenters. The Morgan fingerprint density at radius 1 is 1.22 bits per heavy atom. The normalized spacial score (nSPS) is 10.9. The van der Waals surface area contributed by atoms with Crippen LogP contribution in [0.5, 0.6) is 11.5 Å². The Balaban J connectivity index is 1.96. The molecule has 0 atom stereocenters. The smallest absolute Gasteiger partial charge is 0.259 e. The maximum absolute atomic E-state index is 12.0. The molecule has 0 fully saturated rings. The van der Waals surface area contributed by atoms with E-state index in [2.05, 4.69) is 28.0 Å². The lowest BCUT2D eigenvalue weighted by Gasteiger charge is -2.13. The highest BCUT2D eigenvalue weighted by Crippen LogP contribution is 2.34. The summed E-state index contributed by atoms with van der Waals surface area (Å²) >= 11 is 5.97. The van der Waals surface area contributed by atoms with E-state index >= 15 is 0 Å². The molecule has 6 nitrogen and oxygen atoms in total. The Morgan fingerprint density at radius 3 is 2.52 bits per heavy atom. The van der Waals surface area contributed by atoms with Crippen LogP contribution in [0.15, 0.2) is 29.4 Å². The molecule has 0 bridgehead atoms. The SMILES string of the molecule is CCOc1cc(/C=N/NC(=O)CNc2c(C)cc(C)cc2C)cc(Cl)c1O. The Labute approximate surface area is 164 Å². The number of anilines is 1. The molecule has 0 aliphatic carbocycles. The van der Waals surface area contributed by atoms with E-state index in [-0.39, 0.29) is 29.0 Å². The second kappa shape index (κ2) is 9.28. The van der Waals surface area contributed by atoms with E-state index in [9.17, 15) is 9.90 Å². The quantitative estimate of drug-likeness (QED) is 0.495. The third-order valence-corrected chi connectivity index (χ3v) is 4.14. The molecule has 144 valence electrons. The van der Waals surface area contributed by atoms with Crippen molar-refractivity contribution >= 4 is 29.4 Å². The number of carbonyl (C=O) groups excluding carboxylic acids is 1. The zero-order valence-electron chi connectivity index (χ0n) is 15.9. The molecule has 0 saturated carbocycles. The van der Waals surface area contributed by atoms with Gasteiger partial charge >= 0.3 is 0 Å². The summed E-state index contributed by atoms with van der Waals surface area (Å²) in [5, 5.41) is 17.0. The molecule has 1 amide bonds. The molecule has 2 rings (SSSR count). The van der Waals surface area contributed by atoms with Crippen LogP contribution in [0.2, 0.25) is 5.02 Å². The van der Waals surface area contributed by atoms with E-state index in [1.54, 1.807) is 13.0 Å². The first-order chi connectivity index (χ1) is 12.8. The number of phenolic OH excluding ortho intramolecular Hbond substituents is 1. The van der Waals surface area contributed by atoms with Crippen LogP contribution < -0.4 is 15.5 Å². The topological polar surface area (TPSA) is 83.0 Å². The lowest BCUT2D eigenvalue weighted by atomic mass is 10.1. The molecule has 0 aromatic heterocycles. The van der Waals surface area contributed by atoms with Crippen molar-refractivity contribution in [3.05, 3.63) is 51.5 Å². The molecular formula is C20H24ClN3O3. The molecular weight excluding hydrogens is 366 g/mol.